The molecule has 1 N–H and O–H groups in total. The molecular weight excluding hydrogens is 294 g/mol. The Morgan fingerprint density at radius 2 is 1.95 bits per heavy atom. The van der Waals surface area contributed by atoms with Crippen molar-refractivity contribution in [2.75, 3.05) is 19.4 Å². The van der Waals surface area contributed by atoms with Crippen molar-refractivity contribution in [2.45, 2.75) is 37.6 Å². The Morgan fingerprint density at radius 1 is 1.38 bits per heavy atom. The zero-order chi connectivity index (χ0) is 16.4. The number of nitro groups is 1. The molecule has 0 spiro atoms. The molecule has 0 unspecified atom stereocenters. The molecule has 0 saturated carbocycles. The van der Waals surface area contributed by atoms with E-state index in [9.17, 15) is 18.5 Å². The number of hydrogen-bond donors (Lipinski definition) is 1. The summed E-state index contributed by atoms with van der Waals surface area (Å²) in [6, 6.07) is 3.68. The van der Waals surface area contributed by atoms with Crippen LogP contribution in [0.4, 0.5) is 11.4 Å². The summed E-state index contributed by atoms with van der Waals surface area (Å²) >= 11 is 0. The SMILES string of the molecule is CCC(C)(C)N(C)S(=O)(=O)c1ccc([N+](=O)[O-])cc1NC. The van der Waals surface area contributed by atoms with Crippen LogP contribution in [-0.2, 0) is 10.0 Å². The molecule has 0 atom stereocenters. The van der Waals surface area contributed by atoms with Gasteiger partial charge in [-0.1, -0.05) is 6.92 Å². The minimum Gasteiger partial charge on any atom is -0.387 e. The van der Waals surface area contributed by atoms with Crippen molar-refractivity contribution in [1.29, 1.82) is 0 Å². The van der Waals surface area contributed by atoms with Crippen LogP contribution >= 0.6 is 0 Å². The van der Waals surface area contributed by atoms with Crippen molar-refractivity contribution < 1.29 is 13.3 Å². The normalized spacial score (nSPS) is 12.5. The van der Waals surface area contributed by atoms with Crippen molar-refractivity contribution in [3.63, 3.8) is 0 Å². The van der Waals surface area contributed by atoms with Gasteiger partial charge >= 0.3 is 0 Å². The van der Waals surface area contributed by atoms with Crippen LogP contribution in [0.3, 0.4) is 0 Å². The summed E-state index contributed by atoms with van der Waals surface area (Å²) in [6.07, 6.45) is 0.643. The molecular formula is C13H21N3O4S. The van der Waals surface area contributed by atoms with Crippen molar-refractivity contribution in [3.8, 4) is 0 Å². The van der Waals surface area contributed by atoms with Crippen LogP contribution in [0.25, 0.3) is 0 Å². The Hall–Kier alpha value is -1.67. The highest BCUT2D eigenvalue weighted by atomic mass is 32.2. The molecule has 7 nitrogen and oxygen atoms in total. The van der Waals surface area contributed by atoms with E-state index in [0.717, 1.165) is 0 Å². The van der Waals surface area contributed by atoms with E-state index in [1.807, 2.05) is 20.8 Å². The predicted octanol–water partition coefficient (Wildman–Crippen LogP) is 2.45. The van der Waals surface area contributed by atoms with Gasteiger partial charge in [-0.15, -0.1) is 0 Å². The summed E-state index contributed by atoms with van der Waals surface area (Å²) in [7, 11) is -0.701. The lowest BCUT2D eigenvalue weighted by atomic mass is 10.0. The Kier molecular flexibility index (Phi) is 4.95. The van der Waals surface area contributed by atoms with E-state index in [2.05, 4.69) is 5.32 Å². The van der Waals surface area contributed by atoms with E-state index in [-0.39, 0.29) is 16.3 Å². The van der Waals surface area contributed by atoms with Crippen LogP contribution in [0.15, 0.2) is 23.1 Å². The summed E-state index contributed by atoms with van der Waals surface area (Å²) in [5, 5.41) is 13.5. The van der Waals surface area contributed by atoms with Gasteiger partial charge in [0.25, 0.3) is 5.69 Å². The highest BCUT2D eigenvalue weighted by Gasteiger charge is 2.34. The van der Waals surface area contributed by atoms with Crippen LogP contribution < -0.4 is 5.32 Å². The predicted molar refractivity (Wildman–Crippen MR) is 82.0 cm³/mol. The summed E-state index contributed by atoms with van der Waals surface area (Å²) in [4.78, 5) is 10.3. The van der Waals surface area contributed by atoms with E-state index in [1.165, 1.54) is 36.6 Å². The summed E-state index contributed by atoms with van der Waals surface area (Å²) in [5.74, 6) is 0. The third-order valence-corrected chi connectivity index (χ3v) is 5.93. The van der Waals surface area contributed by atoms with Gasteiger partial charge < -0.3 is 5.32 Å². The van der Waals surface area contributed by atoms with Crippen molar-refractivity contribution in [1.82, 2.24) is 4.31 Å². The standard InChI is InChI=1S/C13H21N3O4S/c1-6-13(2,3)15(5)21(19,20)12-8-7-10(16(17)18)9-11(12)14-4/h7-9,14H,6H2,1-5H3. The molecule has 1 aromatic carbocycles. The first kappa shape index (κ1) is 17.4. The Balaban J connectivity index is 3.42. The van der Waals surface area contributed by atoms with Gasteiger partial charge in [0, 0.05) is 31.8 Å². The number of nitrogens with zero attached hydrogens (tertiary/aromatic N) is 2. The third kappa shape index (κ3) is 3.33. The second kappa shape index (κ2) is 5.98. The first-order valence-electron chi connectivity index (χ1n) is 6.53. The number of anilines is 1. The van der Waals surface area contributed by atoms with Gasteiger partial charge in [-0.3, -0.25) is 10.1 Å². The fourth-order valence-corrected chi connectivity index (χ4v) is 3.50. The van der Waals surface area contributed by atoms with Gasteiger partial charge in [0.15, 0.2) is 0 Å². The molecule has 1 rings (SSSR count). The molecule has 1 aromatic rings. The van der Waals surface area contributed by atoms with Crippen LogP contribution in [0.1, 0.15) is 27.2 Å². The Morgan fingerprint density at radius 3 is 2.38 bits per heavy atom. The maximum atomic E-state index is 12.7. The average molecular weight is 315 g/mol. The smallest absolute Gasteiger partial charge is 0.271 e. The molecule has 118 valence electrons. The van der Waals surface area contributed by atoms with Gasteiger partial charge in [0.05, 0.1) is 10.6 Å². The molecule has 0 bridgehead atoms. The van der Waals surface area contributed by atoms with E-state index < -0.39 is 20.5 Å². The Labute approximate surface area is 125 Å². The second-order valence-electron chi connectivity index (χ2n) is 5.33. The summed E-state index contributed by atoms with van der Waals surface area (Å²) in [5.41, 5.74) is -0.496. The number of hydrogen-bond acceptors (Lipinski definition) is 5. The molecule has 0 aliphatic rings. The minimum atomic E-state index is -3.75. The third-order valence-electron chi connectivity index (χ3n) is 3.80. The molecule has 0 heterocycles. The molecule has 0 aliphatic heterocycles. The van der Waals surface area contributed by atoms with Gasteiger partial charge in [0.1, 0.15) is 4.90 Å². The molecule has 0 aromatic heterocycles. The largest absolute Gasteiger partial charge is 0.387 e. The van der Waals surface area contributed by atoms with Crippen LogP contribution in [-0.4, -0.2) is 37.3 Å². The van der Waals surface area contributed by atoms with Crippen LogP contribution in [0, 0.1) is 10.1 Å². The van der Waals surface area contributed by atoms with Crippen molar-refractivity contribution >= 4 is 21.4 Å². The number of non-ortho nitro benzene ring substituents is 1. The van der Waals surface area contributed by atoms with Crippen LogP contribution in [0.5, 0.6) is 0 Å². The van der Waals surface area contributed by atoms with E-state index >= 15 is 0 Å². The van der Waals surface area contributed by atoms with Gasteiger partial charge in [-0.25, -0.2) is 8.42 Å². The molecule has 21 heavy (non-hydrogen) atoms. The number of nitrogens with one attached hydrogen (secondary N) is 1. The molecule has 0 fully saturated rings. The summed E-state index contributed by atoms with van der Waals surface area (Å²) < 4.78 is 26.7. The minimum absolute atomic E-state index is 0.0274. The van der Waals surface area contributed by atoms with E-state index in [1.54, 1.807) is 0 Å². The number of nitro benzene ring substituents is 1. The Bertz CT molecular complexity index is 641. The van der Waals surface area contributed by atoms with E-state index in [0.29, 0.717) is 6.42 Å². The number of benzene rings is 1. The first-order valence-corrected chi connectivity index (χ1v) is 7.97. The zero-order valence-corrected chi connectivity index (χ0v) is 13.7. The van der Waals surface area contributed by atoms with Gasteiger partial charge in [-0.05, 0) is 26.3 Å². The monoisotopic (exact) mass is 315 g/mol. The second-order valence-corrected chi connectivity index (χ2v) is 7.26. The highest BCUT2D eigenvalue weighted by molar-refractivity contribution is 7.89. The maximum Gasteiger partial charge on any atom is 0.271 e. The molecule has 0 amide bonds. The number of rotatable bonds is 6. The van der Waals surface area contributed by atoms with Crippen molar-refractivity contribution in [2.24, 2.45) is 0 Å². The lowest BCUT2D eigenvalue weighted by molar-refractivity contribution is -0.384. The fraction of sp³-hybridized carbons (Fsp3) is 0.538. The van der Waals surface area contributed by atoms with Gasteiger partial charge in [0.2, 0.25) is 10.0 Å². The first-order chi connectivity index (χ1) is 9.57. The molecule has 0 aliphatic carbocycles. The quantitative estimate of drug-likeness (QED) is 0.643. The lowest BCUT2D eigenvalue weighted by Crippen LogP contribution is -2.44. The zero-order valence-electron chi connectivity index (χ0n) is 12.9. The number of sulfonamides is 1. The van der Waals surface area contributed by atoms with E-state index in [4.69, 9.17) is 0 Å². The fourth-order valence-electron chi connectivity index (χ4n) is 1.75. The topological polar surface area (TPSA) is 92.5 Å². The van der Waals surface area contributed by atoms with Crippen LogP contribution in [0.2, 0.25) is 0 Å². The molecule has 8 heteroatoms. The van der Waals surface area contributed by atoms with Gasteiger partial charge in [-0.2, -0.15) is 4.31 Å². The maximum absolute atomic E-state index is 12.7. The lowest BCUT2D eigenvalue weighted by Gasteiger charge is -2.34. The molecule has 0 radical (unpaired) electrons. The highest BCUT2D eigenvalue weighted by Crippen LogP contribution is 2.31. The summed E-state index contributed by atoms with van der Waals surface area (Å²) in [6.45, 7) is 5.56. The average Bonchev–Trinajstić information content (AvgIpc) is 2.45. The van der Waals surface area contributed by atoms with Crippen molar-refractivity contribution in [3.05, 3.63) is 28.3 Å². The molecule has 0 saturated heterocycles.